The molecule has 0 bridgehead atoms. The summed E-state index contributed by atoms with van der Waals surface area (Å²) in [6.07, 6.45) is 2.04. The van der Waals surface area contributed by atoms with Gasteiger partial charge in [-0.15, -0.1) is 0 Å². The number of halogens is 1. The summed E-state index contributed by atoms with van der Waals surface area (Å²) in [4.78, 5) is 4.75. The molecule has 2 aromatic rings. The number of rotatable bonds is 5. The first-order valence-electron chi connectivity index (χ1n) is 6.61. The molecule has 1 heterocycles. The standard InChI is InChI=1S/C15H19BrN2O/c1-4-8-17-15-10(5-2)9-11-12(16)6-7-13(19-3)14(11)18-15/h6-7,9H,4-5,8H2,1-3H3,(H,17,18). The molecule has 0 aliphatic heterocycles. The number of benzene rings is 1. The molecule has 0 unspecified atom stereocenters. The number of anilines is 1. The lowest BCUT2D eigenvalue weighted by Gasteiger charge is -2.13. The Morgan fingerprint density at radius 1 is 1.32 bits per heavy atom. The van der Waals surface area contributed by atoms with Crippen LogP contribution in [0, 0.1) is 0 Å². The molecule has 102 valence electrons. The molecule has 0 aliphatic rings. The van der Waals surface area contributed by atoms with Crippen molar-refractivity contribution in [3.05, 3.63) is 28.2 Å². The lowest BCUT2D eigenvalue weighted by Crippen LogP contribution is -2.05. The van der Waals surface area contributed by atoms with Gasteiger partial charge in [-0.1, -0.05) is 29.8 Å². The van der Waals surface area contributed by atoms with Gasteiger partial charge in [-0.05, 0) is 36.6 Å². The van der Waals surface area contributed by atoms with E-state index in [2.05, 4.69) is 41.2 Å². The largest absolute Gasteiger partial charge is 0.494 e. The van der Waals surface area contributed by atoms with Gasteiger partial charge in [0.1, 0.15) is 17.1 Å². The molecule has 0 fully saturated rings. The van der Waals surface area contributed by atoms with E-state index in [1.165, 1.54) is 5.56 Å². The molecule has 0 spiro atoms. The second kappa shape index (κ2) is 6.24. The van der Waals surface area contributed by atoms with E-state index in [-0.39, 0.29) is 0 Å². The van der Waals surface area contributed by atoms with E-state index in [0.717, 1.165) is 46.3 Å². The van der Waals surface area contributed by atoms with Gasteiger partial charge in [0.2, 0.25) is 0 Å². The number of ether oxygens (including phenoxy) is 1. The van der Waals surface area contributed by atoms with Gasteiger partial charge in [-0.2, -0.15) is 0 Å². The molecule has 0 saturated heterocycles. The molecule has 0 amide bonds. The summed E-state index contributed by atoms with van der Waals surface area (Å²) in [6.45, 7) is 5.23. The first-order valence-corrected chi connectivity index (χ1v) is 7.40. The second-order valence-corrected chi connectivity index (χ2v) is 5.28. The van der Waals surface area contributed by atoms with Gasteiger partial charge in [-0.25, -0.2) is 4.98 Å². The fraction of sp³-hybridized carbons (Fsp3) is 0.400. The Bertz CT molecular complexity index is 584. The molecule has 3 nitrogen and oxygen atoms in total. The summed E-state index contributed by atoms with van der Waals surface area (Å²) in [5.74, 6) is 1.77. The van der Waals surface area contributed by atoms with Crippen molar-refractivity contribution in [3.8, 4) is 5.75 Å². The van der Waals surface area contributed by atoms with Crippen molar-refractivity contribution in [2.45, 2.75) is 26.7 Å². The topological polar surface area (TPSA) is 34.2 Å². The zero-order chi connectivity index (χ0) is 13.8. The van der Waals surface area contributed by atoms with Crippen molar-refractivity contribution in [2.24, 2.45) is 0 Å². The Morgan fingerprint density at radius 3 is 2.74 bits per heavy atom. The molecule has 1 aromatic carbocycles. The fourth-order valence-corrected chi connectivity index (χ4v) is 2.51. The third-order valence-electron chi connectivity index (χ3n) is 3.12. The highest BCUT2D eigenvalue weighted by Crippen LogP contribution is 2.33. The molecule has 4 heteroatoms. The highest BCUT2D eigenvalue weighted by atomic mass is 79.9. The van der Waals surface area contributed by atoms with Gasteiger partial charge in [0, 0.05) is 16.4 Å². The van der Waals surface area contributed by atoms with Crippen LogP contribution >= 0.6 is 15.9 Å². The summed E-state index contributed by atoms with van der Waals surface area (Å²) in [6, 6.07) is 6.13. The van der Waals surface area contributed by atoms with Crippen LogP contribution in [0.3, 0.4) is 0 Å². The van der Waals surface area contributed by atoms with E-state index >= 15 is 0 Å². The lowest BCUT2D eigenvalue weighted by molar-refractivity contribution is 0.419. The van der Waals surface area contributed by atoms with E-state index in [0.29, 0.717) is 0 Å². The van der Waals surface area contributed by atoms with Crippen LogP contribution in [0.2, 0.25) is 0 Å². The summed E-state index contributed by atoms with van der Waals surface area (Å²) >= 11 is 3.58. The summed E-state index contributed by atoms with van der Waals surface area (Å²) in [5.41, 5.74) is 2.13. The zero-order valence-corrected chi connectivity index (χ0v) is 13.2. The molecular formula is C15H19BrN2O. The predicted octanol–water partition coefficient (Wildman–Crippen LogP) is 4.39. The first kappa shape index (κ1) is 14.1. The number of fused-ring (bicyclic) bond motifs is 1. The Hall–Kier alpha value is -1.29. The predicted molar refractivity (Wildman–Crippen MR) is 84.2 cm³/mol. The number of hydrogen-bond acceptors (Lipinski definition) is 3. The maximum Gasteiger partial charge on any atom is 0.145 e. The highest BCUT2D eigenvalue weighted by molar-refractivity contribution is 9.10. The van der Waals surface area contributed by atoms with Crippen LogP contribution in [0.25, 0.3) is 10.9 Å². The number of hydrogen-bond donors (Lipinski definition) is 1. The molecular weight excluding hydrogens is 304 g/mol. The van der Waals surface area contributed by atoms with Gasteiger partial charge >= 0.3 is 0 Å². The minimum Gasteiger partial charge on any atom is -0.494 e. The quantitative estimate of drug-likeness (QED) is 0.886. The Kier molecular flexibility index (Phi) is 4.64. The van der Waals surface area contributed by atoms with Crippen LogP contribution in [0.4, 0.5) is 5.82 Å². The van der Waals surface area contributed by atoms with Gasteiger partial charge in [0.25, 0.3) is 0 Å². The third-order valence-corrected chi connectivity index (χ3v) is 3.81. The smallest absolute Gasteiger partial charge is 0.145 e. The van der Waals surface area contributed by atoms with Crippen molar-refractivity contribution < 1.29 is 4.74 Å². The molecule has 2 rings (SSSR count). The van der Waals surface area contributed by atoms with Crippen molar-refractivity contribution in [1.29, 1.82) is 0 Å². The molecule has 0 radical (unpaired) electrons. The normalized spacial score (nSPS) is 10.7. The van der Waals surface area contributed by atoms with Crippen LogP contribution in [0.15, 0.2) is 22.7 Å². The molecule has 19 heavy (non-hydrogen) atoms. The highest BCUT2D eigenvalue weighted by Gasteiger charge is 2.11. The monoisotopic (exact) mass is 322 g/mol. The van der Waals surface area contributed by atoms with E-state index in [1.807, 2.05) is 12.1 Å². The van der Waals surface area contributed by atoms with Gasteiger partial charge in [0.05, 0.1) is 7.11 Å². The van der Waals surface area contributed by atoms with Crippen LogP contribution in [-0.4, -0.2) is 18.6 Å². The van der Waals surface area contributed by atoms with E-state index in [9.17, 15) is 0 Å². The lowest BCUT2D eigenvalue weighted by atomic mass is 10.1. The number of nitrogens with zero attached hydrogens (tertiary/aromatic N) is 1. The van der Waals surface area contributed by atoms with Crippen LogP contribution < -0.4 is 10.1 Å². The molecule has 1 N–H and O–H groups in total. The number of methoxy groups -OCH3 is 1. The van der Waals surface area contributed by atoms with E-state index < -0.39 is 0 Å². The maximum atomic E-state index is 5.40. The summed E-state index contributed by atoms with van der Waals surface area (Å²) in [7, 11) is 1.68. The second-order valence-electron chi connectivity index (χ2n) is 4.42. The number of aryl methyl sites for hydroxylation is 1. The third kappa shape index (κ3) is 2.84. The van der Waals surface area contributed by atoms with Crippen molar-refractivity contribution >= 4 is 32.7 Å². The molecule has 0 atom stereocenters. The Balaban J connectivity index is 2.63. The van der Waals surface area contributed by atoms with Gasteiger partial charge < -0.3 is 10.1 Å². The number of nitrogens with one attached hydrogen (secondary N) is 1. The number of pyridine rings is 1. The van der Waals surface area contributed by atoms with Crippen molar-refractivity contribution in [2.75, 3.05) is 19.0 Å². The SMILES string of the molecule is CCCNc1nc2c(OC)ccc(Br)c2cc1CC. The first-order chi connectivity index (χ1) is 9.21. The van der Waals surface area contributed by atoms with Crippen LogP contribution in [0.1, 0.15) is 25.8 Å². The van der Waals surface area contributed by atoms with E-state index in [1.54, 1.807) is 7.11 Å². The minimum absolute atomic E-state index is 0.806. The van der Waals surface area contributed by atoms with Gasteiger partial charge in [0.15, 0.2) is 0 Å². The zero-order valence-electron chi connectivity index (χ0n) is 11.6. The van der Waals surface area contributed by atoms with Crippen LogP contribution in [0.5, 0.6) is 5.75 Å². The Labute approximate surface area is 122 Å². The summed E-state index contributed by atoms with van der Waals surface area (Å²) in [5, 5.41) is 4.49. The number of aromatic nitrogens is 1. The fourth-order valence-electron chi connectivity index (χ4n) is 2.07. The average Bonchev–Trinajstić information content (AvgIpc) is 2.44. The van der Waals surface area contributed by atoms with Crippen molar-refractivity contribution in [3.63, 3.8) is 0 Å². The molecule has 0 aliphatic carbocycles. The Morgan fingerprint density at radius 2 is 2.11 bits per heavy atom. The summed E-state index contributed by atoms with van der Waals surface area (Å²) < 4.78 is 6.45. The molecule has 1 aromatic heterocycles. The van der Waals surface area contributed by atoms with E-state index in [4.69, 9.17) is 9.72 Å². The molecule has 0 saturated carbocycles. The van der Waals surface area contributed by atoms with Crippen LogP contribution in [-0.2, 0) is 6.42 Å². The van der Waals surface area contributed by atoms with Crippen molar-refractivity contribution in [1.82, 2.24) is 4.98 Å². The maximum absolute atomic E-state index is 5.40. The average molecular weight is 323 g/mol. The van der Waals surface area contributed by atoms with Gasteiger partial charge in [-0.3, -0.25) is 0 Å². The minimum atomic E-state index is 0.806.